The molecule has 33 heavy (non-hydrogen) atoms. The van der Waals surface area contributed by atoms with Crippen molar-refractivity contribution >= 4 is 29.0 Å². The number of anilines is 2. The Hall–Kier alpha value is -4.07. The van der Waals surface area contributed by atoms with Crippen LogP contribution in [0.2, 0.25) is 0 Å². The van der Waals surface area contributed by atoms with E-state index in [4.69, 9.17) is 5.73 Å². The standard InChI is InChI=1S/C25H21F2N3O3/c26-17-5-8-22(21(27)13-17)30-18-6-7-19-15(11-18)3-1-14-2-4-16(12-20(14)24(19)32)25(33)29-10-9-23(28)31/h2,4-8,11-13,30H,1,3,9-10H2,(H2,28,31)(H,29,33). The SMILES string of the molecule is NC(=O)CCNC(=O)c1ccc2c(c1)C(=O)c1ccc(Nc3ccc(F)cc3F)cc1CC2. The van der Waals surface area contributed by atoms with Crippen LogP contribution in [0.4, 0.5) is 20.2 Å². The molecule has 8 heteroatoms. The van der Waals surface area contributed by atoms with Crippen LogP contribution < -0.4 is 16.4 Å². The summed E-state index contributed by atoms with van der Waals surface area (Å²) < 4.78 is 27.1. The third-order valence-corrected chi connectivity index (χ3v) is 5.50. The first-order chi connectivity index (χ1) is 15.8. The maximum atomic E-state index is 14.0. The average molecular weight is 449 g/mol. The van der Waals surface area contributed by atoms with Crippen molar-refractivity contribution in [1.29, 1.82) is 0 Å². The van der Waals surface area contributed by atoms with Crippen molar-refractivity contribution in [2.45, 2.75) is 19.3 Å². The highest BCUT2D eigenvalue weighted by Gasteiger charge is 2.23. The van der Waals surface area contributed by atoms with Gasteiger partial charge in [0, 0.05) is 41.4 Å². The lowest BCUT2D eigenvalue weighted by molar-refractivity contribution is -0.117. The molecular formula is C25H21F2N3O3. The van der Waals surface area contributed by atoms with Gasteiger partial charge in [0.05, 0.1) is 5.69 Å². The Labute approximate surface area is 188 Å². The van der Waals surface area contributed by atoms with E-state index in [9.17, 15) is 23.2 Å². The van der Waals surface area contributed by atoms with E-state index in [1.807, 2.05) is 0 Å². The van der Waals surface area contributed by atoms with E-state index in [0.717, 1.165) is 23.3 Å². The fourth-order valence-corrected chi connectivity index (χ4v) is 3.81. The Bertz CT molecular complexity index is 1270. The van der Waals surface area contributed by atoms with Gasteiger partial charge in [-0.25, -0.2) is 8.78 Å². The minimum Gasteiger partial charge on any atom is -0.370 e. The fraction of sp³-hybridized carbons (Fsp3) is 0.160. The molecule has 3 aromatic rings. The van der Waals surface area contributed by atoms with Crippen LogP contribution in [-0.2, 0) is 17.6 Å². The van der Waals surface area contributed by atoms with Crippen LogP contribution in [0.5, 0.6) is 0 Å². The van der Waals surface area contributed by atoms with Crippen LogP contribution in [0.25, 0.3) is 0 Å². The molecule has 0 unspecified atom stereocenters. The van der Waals surface area contributed by atoms with E-state index in [0.29, 0.717) is 35.2 Å². The molecule has 4 rings (SSSR count). The number of fused-ring (bicyclic) bond motifs is 2. The van der Waals surface area contributed by atoms with Crippen molar-refractivity contribution < 1.29 is 23.2 Å². The third-order valence-electron chi connectivity index (χ3n) is 5.50. The number of primary amides is 1. The molecule has 0 saturated carbocycles. The predicted molar refractivity (Wildman–Crippen MR) is 120 cm³/mol. The summed E-state index contributed by atoms with van der Waals surface area (Å²) in [5, 5.41) is 5.53. The summed E-state index contributed by atoms with van der Waals surface area (Å²) in [6, 6.07) is 13.3. The Kier molecular flexibility index (Phi) is 6.17. The molecule has 1 aliphatic rings. The highest BCUT2D eigenvalue weighted by Crippen LogP contribution is 2.29. The number of nitrogens with two attached hydrogens (primary N) is 1. The molecule has 168 valence electrons. The number of rotatable bonds is 6. The monoisotopic (exact) mass is 449 g/mol. The zero-order valence-electron chi connectivity index (χ0n) is 17.6. The summed E-state index contributed by atoms with van der Waals surface area (Å²) in [4.78, 5) is 36.5. The van der Waals surface area contributed by atoms with Gasteiger partial charge in [-0.15, -0.1) is 0 Å². The lowest BCUT2D eigenvalue weighted by atomic mass is 9.96. The Morgan fingerprint density at radius 2 is 1.70 bits per heavy atom. The smallest absolute Gasteiger partial charge is 0.251 e. The van der Waals surface area contributed by atoms with Gasteiger partial charge in [0.1, 0.15) is 11.6 Å². The summed E-state index contributed by atoms with van der Waals surface area (Å²) in [5.74, 6) is -2.49. The normalized spacial score (nSPS) is 12.4. The first-order valence-electron chi connectivity index (χ1n) is 10.4. The maximum Gasteiger partial charge on any atom is 0.251 e. The quantitative estimate of drug-likeness (QED) is 0.535. The summed E-state index contributed by atoms with van der Waals surface area (Å²) in [5.41, 5.74) is 8.67. The van der Waals surface area contributed by atoms with E-state index >= 15 is 0 Å². The molecule has 0 aromatic heterocycles. The average Bonchev–Trinajstić information content (AvgIpc) is 2.91. The Morgan fingerprint density at radius 1 is 0.909 bits per heavy atom. The van der Waals surface area contributed by atoms with E-state index in [-0.39, 0.29) is 24.4 Å². The number of carbonyl (C=O) groups is 3. The van der Waals surface area contributed by atoms with Gasteiger partial charge in [-0.1, -0.05) is 6.07 Å². The van der Waals surface area contributed by atoms with Gasteiger partial charge in [0.25, 0.3) is 5.91 Å². The molecule has 0 bridgehead atoms. The minimum absolute atomic E-state index is 0.0289. The molecule has 0 spiro atoms. The van der Waals surface area contributed by atoms with E-state index < -0.39 is 23.4 Å². The van der Waals surface area contributed by atoms with Crippen molar-refractivity contribution in [3.05, 3.63) is 94.0 Å². The summed E-state index contributed by atoms with van der Waals surface area (Å²) in [6.07, 6.45) is 1.20. The molecule has 0 radical (unpaired) electrons. The molecule has 6 nitrogen and oxygen atoms in total. The van der Waals surface area contributed by atoms with E-state index in [2.05, 4.69) is 10.6 Å². The van der Waals surface area contributed by atoms with Gasteiger partial charge in [0.2, 0.25) is 5.91 Å². The second kappa shape index (κ2) is 9.20. The second-order valence-corrected chi connectivity index (χ2v) is 7.79. The van der Waals surface area contributed by atoms with Crippen molar-refractivity contribution in [3.8, 4) is 0 Å². The number of ketones is 1. The summed E-state index contributed by atoms with van der Waals surface area (Å²) in [6.45, 7) is 0.118. The number of amides is 2. The van der Waals surface area contributed by atoms with Crippen LogP contribution in [0.1, 0.15) is 43.8 Å². The largest absolute Gasteiger partial charge is 0.370 e. The Balaban J connectivity index is 1.57. The van der Waals surface area contributed by atoms with Crippen molar-refractivity contribution in [1.82, 2.24) is 5.32 Å². The van der Waals surface area contributed by atoms with Crippen LogP contribution in [0.15, 0.2) is 54.6 Å². The first-order valence-corrected chi connectivity index (χ1v) is 10.4. The van der Waals surface area contributed by atoms with Crippen LogP contribution >= 0.6 is 0 Å². The number of nitrogens with one attached hydrogen (secondary N) is 2. The lowest BCUT2D eigenvalue weighted by Crippen LogP contribution is -2.28. The fourth-order valence-electron chi connectivity index (χ4n) is 3.81. The molecule has 3 aromatic carbocycles. The topological polar surface area (TPSA) is 101 Å². The lowest BCUT2D eigenvalue weighted by Gasteiger charge is -2.11. The first kappa shape index (κ1) is 22.1. The van der Waals surface area contributed by atoms with Gasteiger partial charge < -0.3 is 16.4 Å². The zero-order chi connectivity index (χ0) is 23.5. The van der Waals surface area contributed by atoms with Crippen molar-refractivity contribution in [2.24, 2.45) is 5.73 Å². The number of hydrogen-bond donors (Lipinski definition) is 3. The maximum absolute atomic E-state index is 14.0. The van der Waals surface area contributed by atoms with Gasteiger partial charge in [-0.2, -0.15) is 0 Å². The number of aryl methyl sites for hydroxylation is 2. The van der Waals surface area contributed by atoms with Crippen LogP contribution in [-0.4, -0.2) is 24.1 Å². The Morgan fingerprint density at radius 3 is 2.45 bits per heavy atom. The van der Waals surface area contributed by atoms with Gasteiger partial charge in [-0.3, -0.25) is 14.4 Å². The van der Waals surface area contributed by atoms with Gasteiger partial charge in [-0.05, 0) is 66.4 Å². The van der Waals surface area contributed by atoms with Crippen LogP contribution in [0.3, 0.4) is 0 Å². The van der Waals surface area contributed by atoms with Gasteiger partial charge in [0.15, 0.2) is 5.78 Å². The molecule has 4 N–H and O–H groups in total. The van der Waals surface area contributed by atoms with Crippen LogP contribution in [0, 0.1) is 11.6 Å². The zero-order valence-corrected chi connectivity index (χ0v) is 17.6. The van der Waals surface area contributed by atoms with Crippen molar-refractivity contribution in [2.75, 3.05) is 11.9 Å². The molecule has 0 heterocycles. The molecule has 0 fully saturated rings. The second-order valence-electron chi connectivity index (χ2n) is 7.79. The van der Waals surface area contributed by atoms with Crippen molar-refractivity contribution in [3.63, 3.8) is 0 Å². The highest BCUT2D eigenvalue weighted by molar-refractivity contribution is 6.12. The molecular weight excluding hydrogens is 428 g/mol. The molecule has 1 aliphatic carbocycles. The molecule has 0 aliphatic heterocycles. The summed E-state index contributed by atoms with van der Waals surface area (Å²) >= 11 is 0. The van der Waals surface area contributed by atoms with E-state index in [1.54, 1.807) is 36.4 Å². The minimum atomic E-state index is -0.713. The molecule has 0 saturated heterocycles. The number of hydrogen-bond acceptors (Lipinski definition) is 4. The number of carbonyl (C=O) groups excluding carboxylic acids is 3. The van der Waals surface area contributed by atoms with Gasteiger partial charge >= 0.3 is 0 Å². The molecule has 0 atom stereocenters. The molecule has 2 amide bonds. The van der Waals surface area contributed by atoms with E-state index in [1.165, 1.54) is 6.07 Å². The number of halogens is 2. The summed E-state index contributed by atoms with van der Waals surface area (Å²) in [7, 11) is 0. The number of benzene rings is 3. The predicted octanol–water partition coefficient (Wildman–Crippen LogP) is 3.64. The third kappa shape index (κ3) is 4.90. The highest BCUT2D eigenvalue weighted by atomic mass is 19.1.